The second-order valence-electron chi connectivity index (χ2n) is 4.44. The van der Waals surface area contributed by atoms with Crippen LogP contribution in [0.25, 0.3) is 0 Å². The quantitative estimate of drug-likeness (QED) is 0.664. The van der Waals surface area contributed by atoms with E-state index in [2.05, 4.69) is 12.2 Å². The Labute approximate surface area is 83.7 Å². The van der Waals surface area contributed by atoms with Crippen molar-refractivity contribution in [3.05, 3.63) is 0 Å². The van der Waals surface area contributed by atoms with E-state index in [0.717, 1.165) is 12.8 Å². The molecule has 4 heteroatoms. The summed E-state index contributed by atoms with van der Waals surface area (Å²) < 4.78 is 0. The van der Waals surface area contributed by atoms with Crippen LogP contribution in [0.1, 0.15) is 33.1 Å². The zero-order valence-corrected chi connectivity index (χ0v) is 8.67. The number of hydrogen-bond donors (Lipinski definition) is 2. The number of carbonyl (C=O) groups is 2. The number of carbonyl (C=O) groups excluding carboxylic acids is 1. The Morgan fingerprint density at radius 3 is 2.43 bits per heavy atom. The smallest absolute Gasteiger partial charge is 0.315 e. The fourth-order valence-electron chi connectivity index (χ4n) is 1.52. The van der Waals surface area contributed by atoms with E-state index in [-0.39, 0.29) is 11.3 Å². The number of nitrogens with one attached hydrogen (secondary N) is 1. The number of carboxylic acids is 1. The van der Waals surface area contributed by atoms with Gasteiger partial charge in [0.15, 0.2) is 0 Å². The van der Waals surface area contributed by atoms with E-state index in [1.165, 1.54) is 13.3 Å². The van der Waals surface area contributed by atoms with Gasteiger partial charge in [-0.05, 0) is 25.2 Å². The molecule has 1 amide bonds. The molecule has 0 radical (unpaired) electrons. The molecule has 1 aliphatic carbocycles. The number of rotatable bonds is 4. The Hall–Kier alpha value is -1.06. The maximum Gasteiger partial charge on any atom is 0.315 e. The van der Waals surface area contributed by atoms with Crippen molar-refractivity contribution in [2.24, 2.45) is 11.3 Å². The van der Waals surface area contributed by atoms with Gasteiger partial charge in [-0.15, -0.1) is 0 Å². The molecule has 14 heavy (non-hydrogen) atoms. The molecule has 1 aliphatic rings. The first-order chi connectivity index (χ1) is 6.44. The van der Waals surface area contributed by atoms with Crippen LogP contribution in [0, 0.1) is 11.3 Å². The van der Waals surface area contributed by atoms with Crippen LogP contribution in [0.15, 0.2) is 0 Å². The summed E-state index contributed by atoms with van der Waals surface area (Å²) in [5.74, 6) is -2.40. The van der Waals surface area contributed by atoms with Crippen molar-refractivity contribution >= 4 is 11.9 Å². The van der Waals surface area contributed by atoms with E-state index in [0.29, 0.717) is 6.54 Å². The van der Waals surface area contributed by atoms with Gasteiger partial charge in [-0.3, -0.25) is 9.59 Å². The topological polar surface area (TPSA) is 66.4 Å². The van der Waals surface area contributed by atoms with Gasteiger partial charge in [0, 0.05) is 6.54 Å². The van der Waals surface area contributed by atoms with Gasteiger partial charge in [0.05, 0.1) is 0 Å². The maximum absolute atomic E-state index is 11.3. The average Bonchev–Trinajstić information content (AvgIpc) is 2.09. The van der Waals surface area contributed by atoms with Crippen LogP contribution in [0.5, 0.6) is 0 Å². The summed E-state index contributed by atoms with van der Waals surface area (Å²) in [7, 11) is 0. The van der Waals surface area contributed by atoms with Gasteiger partial charge in [0.25, 0.3) is 0 Å². The summed E-state index contributed by atoms with van der Waals surface area (Å²) in [6, 6.07) is 0. The molecule has 1 rings (SSSR count). The predicted octanol–water partition coefficient (Wildman–Crippen LogP) is 1.01. The van der Waals surface area contributed by atoms with Gasteiger partial charge < -0.3 is 10.4 Å². The van der Waals surface area contributed by atoms with Crippen LogP contribution >= 0.6 is 0 Å². The van der Waals surface area contributed by atoms with E-state index in [4.69, 9.17) is 5.11 Å². The Balaban J connectivity index is 2.30. The van der Waals surface area contributed by atoms with Gasteiger partial charge in [-0.2, -0.15) is 0 Å². The van der Waals surface area contributed by atoms with Crippen LogP contribution in [0.4, 0.5) is 0 Å². The zero-order valence-electron chi connectivity index (χ0n) is 8.67. The molecule has 0 spiro atoms. The summed E-state index contributed by atoms with van der Waals surface area (Å²) in [4.78, 5) is 21.8. The van der Waals surface area contributed by atoms with Crippen LogP contribution < -0.4 is 5.32 Å². The summed E-state index contributed by atoms with van der Waals surface area (Å²) >= 11 is 0. The highest BCUT2D eigenvalue weighted by Gasteiger charge is 2.32. The summed E-state index contributed by atoms with van der Waals surface area (Å²) in [5, 5.41) is 11.3. The third-order valence-electron chi connectivity index (χ3n) is 3.01. The van der Waals surface area contributed by atoms with E-state index < -0.39 is 11.9 Å². The molecule has 0 bridgehead atoms. The molecule has 0 aliphatic heterocycles. The van der Waals surface area contributed by atoms with Crippen molar-refractivity contribution in [3.63, 3.8) is 0 Å². The Morgan fingerprint density at radius 1 is 1.50 bits per heavy atom. The highest BCUT2D eigenvalue weighted by Crippen LogP contribution is 2.39. The molecule has 4 nitrogen and oxygen atoms in total. The van der Waals surface area contributed by atoms with Crippen LogP contribution in [-0.2, 0) is 9.59 Å². The zero-order chi connectivity index (χ0) is 10.8. The third kappa shape index (κ3) is 2.47. The van der Waals surface area contributed by atoms with Gasteiger partial charge in [0.2, 0.25) is 5.91 Å². The molecule has 0 aromatic heterocycles. The molecular formula is C10H17NO3. The first-order valence-electron chi connectivity index (χ1n) is 4.95. The average molecular weight is 199 g/mol. The lowest BCUT2D eigenvalue weighted by Gasteiger charge is -2.38. The fourth-order valence-corrected chi connectivity index (χ4v) is 1.52. The lowest BCUT2D eigenvalue weighted by atomic mass is 9.70. The molecule has 1 unspecified atom stereocenters. The Kier molecular flexibility index (Phi) is 3.13. The molecule has 0 aromatic carbocycles. The molecule has 80 valence electrons. The second-order valence-corrected chi connectivity index (χ2v) is 4.44. The summed E-state index contributed by atoms with van der Waals surface area (Å²) in [6.07, 6.45) is 3.45. The standard InChI is InChI=1S/C10H17NO3/c1-7(9(13)14)8(12)11-6-10(2)4-3-5-10/h7H,3-6H2,1-2H3,(H,11,12)(H,13,14). The van der Waals surface area contributed by atoms with Crippen LogP contribution in [0.2, 0.25) is 0 Å². The minimum atomic E-state index is -1.07. The predicted molar refractivity (Wildman–Crippen MR) is 51.8 cm³/mol. The first kappa shape index (κ1) is 11.0. The molecule has 2 N–H and O–H groups in total. The van der Waals surface area contributed by atoms with Gasteiger partial charge in [-0.1, -0.05) is 13.3 Å². The minimum Gasteiger partial charge on any atom is -0.481 e. The number of aliphatic carboxylic acids is 1. The number of carboxylic acid groups (broad SMARTS) is 1. The molecular weight excluding hydrogens is 182 g/mol. The number of hydrogen-bond acceptors (Lipinski definition) is 2. The monoisotopic (exact) mass is 199 g/mol. The summed E-state index contributed by atoms with van der Waals surface area (Å²) in [5.41, 5.74) is 0.202. The highest BCUT2D eigenvalue weighted by molar-refractivity contribution is 5.96. The molecule has 1 atom stereocenters. The second kappa shape index (κ2) is 3.98. The Bertz CT molecular complexity index is 246. The Morgan fingerprint density at radius 2 is 2.07 bits per heavy atom. The highest BCUT2D eigenvalue weighted by atomic mass is 16.4. The molecule has 0 aromatic rings. The number of amides is 1. The molecule has 0 saturated heterocycles. The molecule has 1 saturated carbocycles. The van der Waals surface area contributed by atoms with Crippen molar-refractivity contribution in [3.8, 4) is 0 Å². The summed E-state index contributed by atoms with van der Waals surface area (Å²) in [6.45, 7) is 4.12. The van der Waals surface area contributed by atoms with E-state index in [1.807, 2.05) is 0 Å². The van der Waals surface area contributed by atoms with E-state index >= 15 is 0 Å². The van der Waals surface area contributed by atoms with Crippen molar-refractivity contribution in [1.82, 2.24) is 5.32 Å². The normalized spacial score (nSPS) is 20.7. The van der Waals surface area contributed by atoms with Gasteiger partial charge in [-0.25, -0.2) is 0 Å². The first-order valence-corrected chi connectivity index (χ1v) is 4.95. The van der Waals surface area contributed by atoms with Crippen LogP contribution in [0.3, 0.4) is 0 Å². The SMILES string of the molecule is CC(C(=O)O)C(=O)NCC1(C)CCC1. The van der Waals surface area contributed by atoms with Crippen molar-refractivity contribution in [2.45, 2.75) is 33.1 Å². The van der Waals surface area contributed by atoms with E-state index in [9.17, 15) is 9.59 Å². The van der Waals surface area contributed by atoms with Gasteiger partial charge in [0.1, 0.15) is 5.92 Å². The van der Waals surface area contributed by atoms with Gasteiger partial charge >= 0.3 is 5.97 Å². The largest absolute Gasteiger partial charge is 0.481 e. The molecule has 0 heterocycles. The third-order valence-corrected chi connectivity index (χ3v) is 3.01. The maximum atomic E-state index is 11.3. The van der Waals surface area contributed by atoms with Crippen LogP contribution in [-0.4, -0.2) is 23.5 Å². The van der Waals surface area contributed by atoms with Crippen molar-refractivity contribution in [1.29, 1.82) is 0 Å². The lowest BCUT2D eigenvalue weighted by molar-refractivity contribution is -0.146. The lowest BCUT2D eigenvalue weighted by Crippen LogP contribution is -2.43. The fraction of sp³-hybridized carbons (Fsp3) is 0.800. The van der Waals surface area contributed by atoms with E-state index in [1.54, 1.807) is 0 Å². The van der Waals surface area contributed by atoms with Crippen molar-refractivity contribution < 1.29 is 14.7 Å². The minimum absolute atomic E-state index is 0.202. The molecule has 1 fully saturated rings. The van der Waals surface area contributed by atoms with Crippen molar-refractivity contribution in [2.75, 3.05) is 6.54 Å².